The fraction of sp³-hybridized carbons (Fsp3) is 0.533. The van der Waals surface area contributed by atoms with Gasteiger partial charge in [-0.15, -0.1) is 0 Å². The second kappa shape index (κ2) is 6.04. The van der Waals surface area contributed by atoms with Crippen LogP contribution in [0.2, 0.25) is 0 Å². The average molecular weight is 328 g/mol. The molecule has 0 spiro atoms. The smallest absolute Gasteiger partial charge is 0.256 e. The van der Waals surface area contributed by atoms with Crippen molar-refractivity contribution < 1.29 is 9.18 Å². The highest BCUT2D eigenvalue weighted by atomic mass is 79.9. The molecule has 0 saturated heterocycles. The van der Waals surface area contributed by atoms with Crippen LogP contribution in [0.4, 0.5) is 4.39 Å². The lowest BCUT2D eigenvalue weighted by atomic mass is 9.86. The Morgan fingerprint density at radius 2 is 1.95 bits per heavy atom. The summed E-state index contributed by atoms with van der Waals surface area (Å²) in [5.74, 6) is 0.0594. The van der Waals surface area contributed by atoms with Gasteiger partial charge in [-0.05, 0) is 49.8 Å². The van der Waals surface area contributed by atoms with Crippen molar-refractivity contribution in [1.29, 1.82) is 0 Å². The van der Waals surface area contributed by atoms with E-state index in [-0.39, 0.29) is 17.5 Å². The Labute approximate surface area is 122 Å². The molecule has 0 bridgehead atoms. The summed E-state index contributed by atoms with van der Waals surface area (Å²) < 4.78 is 14.5. The molecule has 0 atom stereocenters. The van der Waals surface area contributed by atoms with Crippen LogP contribution in [0.1, 0.15) is 43.0 Å². The number of hydrogen-bond acceptors (Lipinski definition) is 1. The molecule has 1 aromatic carbocycles. The van der Waals surface area contributed by atoms with Gasteiger partial charge in [-0.1, -0.05) is 22.9 Å². The van der Waals surface area contributed by atoms with E-state index in [0.29, 0.717) is 4.47 Å². The highest BCUT2D eigenvalue weighted by molar-refractivity contribution is 9.10. The van der Waals surface area contributed by atoms with Crippen LogP contribution in [0, 0.1) is 11.7 Å². The van der Waals surface area contributed by atoms with Crippen LogP contribution in [0.5, 0.6) is 0 Å². The Kier molecular flexibility index (Phi) is 4.61. The van der Waals surface area contributed by atoms with Gasteiger partial charge in [-0.2, -0.15) is 0 Å². The van der Waals surface area contributed by atoms with Crippen molar-refractivity contribution in [3.05, 3.63) is 34.1 Å². The topological polar surface area (TPSA) is 20.3 Å². The van der Waals surface area contributed by atoms with Crippen LogP contribution < -0.4 is 0 Å². The quantitative estimate of drug-likeness (QED) is 0.795. The molecule has 1 saturated carbocycles. The third-order valence-electron chi connectivity index (χ3n) is 4.01. The zero-order chi connectivity index (χ0) is 14.0. The molecule has 0 N–H and O–H groups in total. The van der Waals surface area contributed by atoms with Gasteiger partial charge in [0.1, 0.15) is 5.82 Å². The van der Waals surface area contributed by atoms with E-state index in [1.54, 1.807) is 24.1 Å². The minimum absolute atomic E-state index is 0.157. The van der Waals surface area contributed by atoms with Gasteiger partial charge in [-0.3, -0.25) is 4.79 Å². The number of halogens is 2. The maximum Gasteiger partial charge on any atom is 0.256 e. The molecule has 19 heavy (non-hydrogen) atoms. The van der Waals surface area contributed by atoms with Crippen LogP contribution in [0.25, 0.3) is 0 Å². The molecule has 0 heterocycles. The lowest BCUT2D eigenvalue weighted by molar-refractivity contribution is 0.0675. The monoisotopic (exact) mass is 327 g/mol. The van der Waals surface area contributed by atoms with Crippen molar-refractivity contribution in [2.24, 2.45) is 5.92 Å². The maximum atomic E-state index is 13.8. The van der Waals surface area contributed by atoms with Crippen molar-refractivity contribution in [1.82, 2.24) is 4.90 Å². The molecule has 4 heteroatoms. The van der Waals surface area contributed by atoms with E-state index in [0.717, 1.165) is 31.6 Å². The Morgan fingerprint density at radius 3 is 2.53 bits per heavy atom. The molecule has 1 aliphatic rings. The van der Waals surface area contributed by atoms with Crippen LogP contribution in [-0.4, -0.2) is 23.9 Å². The standard InChI is InChI=1S/C15H19BrFNO/c1-10-3-6-12(7-4-10)18(2)15(19)13-8-5-11(16)9-14(13)17/h5,8-10,12H,3-4,6-7H2,1-2H3. The van der Waals surface area contributed by atoms with Gasteiger partial charge in [0.15, 0.2) is 0 Å². The van der Waals surface area contributed by atoms with Gasteiger partial charge >= 0.3 is 0 Å². The first-order valence-corrected chi connectivity index (χ1v) is 7.50. The van der Waals surface area contributed by atoms with E-state index < -0.39 is 5.82 Å². The Morgan fingerprint density at radius 1 is 1.32 bits per heavy atom. The van der Waals surface area contributed by atoms with Crippen molar-refractivity contribution in [3.8, 4) is 0 Å². The van der Waals surface area contributed by atoms with E-state index in [9.17, 15) is 9.18 Å². The molecule has 1 fully saturated rings. The van der Waals surface area contributed by atoms with E-state index >= 15 is 0 Å². The molecule has 1 aliphatic carbocycles. The van der Waals surface area contributed by atoms with Crippen molar-refractivity contribution >= 4 is 21.8 Å². The highest BCUT2D eigenvalue weighted by Crippen LogP contribution is 2.27. The average Bonchev–Trinajstić information content (AvgIpc) is 2.38. The number of nitrogens with zero attached hydrogens (tertiary/aromatic N) is 1. The first kappa shape index (κ1) is 14.5. The number of carbonyl (C=O) groups is 1. The predicted molar refractivity (Wildman–Crippen MR) is 77.6 cm³/mol. The van der Waals surface area contributed by atoms with Gasteiger partial charge in [-0.25, -0.2) is 4.39 Å². The molecule has 2 rings (SSSR count). The van der Waals surface area contributed by atoms with Crippen molar-refractivity contribution in [2.45, 2.75) is 38.6 Å². The summed E-state index contributed by atoms with van der Waals surface area (Å²) in [6.07, 6.45) is 4.32. The molecule has 0 aromatic heterocycles. The first-order valence-electron chi connectivity index (χ1n) is 6.71. The zero-order valence-electron chi connectivity index (χ0n) is 11.3. The number of benzene rings is 1. The summed E-state index contributed by atoms with van der Waals surface area (Å²) in [4.78, 5) is 14.0. The SMILES string of the molecule is CC1CCC(N(C)C(=O)c2ccc(Br)cc2F)CC1. The fourth-order valence-corrected chi connectivity index (χ4v) is 2.98. The van der Waals surface area contributed by atoms with E-state index in [2.05, 4.69) is 22.9 Å². The third-order valence-corrected chi connectivity index (χ3v) is 4.51. The molecule has 1 aromatic rings. The summed E-state index contributed by atoms with van der Waals surface area (Å²) in [5.41, 5.74) is 0.157. The van der Waals surface area contributed by atoms with Gasteiger partial charge in [0.25, 0.3) is 5.91 Å². The van der Waals surface area contributed by atoms with E-state index in [1.807, 2.05) is 0 Å². The molecular formula is C15H19BrFNO. The summed E-state index contributed by atoms with van der Waals surface area (Å²) in [5, 5.41) is 0. The fourth-order valence-electron chi connectivity index (χ4n) is 2.65. The predicted octanol–water partition coefficient (Wildman–Crippen LogP) is 4.24. The normalized spacial score (nSPS) is 23.2. The highest BCUT2D eigenvalue weighted by Gasteiger charge is 2.26. The van der Waals surface area contributed by atoms with Crippen LogP contribution in [0.15, 0.2) is 22.7 Å². The number of hydrogen-bond donors (Lipinski definition) is 0. The largest absolute Gasteiger partial charge is 0.339 e. The number of carbonyl (C=O) groups excluding carboxylic acids is 1. The summed E-state index contributed by atoms with van der Waals surface area (Å²) in [7, 11) is 1.78. The molecular weight excluding hydrogens is 309 g/mol. The molecule has 0 radical (unpaired) electrons. The van der Waals surface area contributed by atoms with E-state index in [4.69, 9.17) is 0 Å². The van der Waals surface area contributed by atoms with Gasteiger partial charge in [0.05, 0.1) is 5.56 Å². The second-order valence-corrected chi connectivity index (χ2v) is 6.37. The molecule has 1 amide bonds. The third kappa shape index (κ3) is 3.35. The molecule has 0 unspecified atom stereocenters. The van der Waals surface area contributed by atoms with E-state index in [1.165, 1.54) is 6.07 Å². The summed E-state index contributed by atoms with van der Waals surface area (Å²) in [6, 6.07) is 4.83. The van der Waals surface area contributed by atoms with Gasteiger partial charge in [0.2, 0.25) is 0 Å². The van der Waals surface area contributed by atoms with Crippen molar-refractivity contribution in [3.63, 3.8) is 0 Å². The van der Waals surface area contributed by atoms with Crippen LogP contribution in [0.3, 0.4) is 0 Å². The Balaban J connectivity index is 2.10. The Bertz CT molecular complexity index is 469. The van der Waals surface area contributed by atoms with Crippen LogP contribution in [-0.2, 0) is 0 Å². The minimum atomic E-state index is -0.463. The Hall–Kier alpha value is -0.900. The van der Waals surface area contributed by atoms with Crippen molar-refractivity contribution in [2.75, 3.05) is 7.05 Å². The number of amides is 1. The minimum Gasteiger partial charge on any atom is -0.339 e. The van der Waals surface area contributed by atoms with Crippen LogP contribution >= 0.6 is 15.9 Å². The maximum absolute atomic E-state index is 13.8. The number of rotatable bonds is 2. The first-order chi connectivity index (χ1) is 8.99. The zero-order valence-corrected chi connectivity index (χ0v) is 12.9. The molecule has 0 aliphatic heterocycles. The lowest BCUT2D eigenvalue weighted by Gasteiger charge is -2.33. The van der Waals surface area contributed by atoms with Gasteiger partial charge in [0, 0.05) is 17.6 Å². The molecule has 2 nitrogen and oxygen atoms in total. The summed E-state index contributed by atoms with van der Waals surface area (Å²) in [6.45, 7) is 2.24. The second-order valence-electron chi connectivity index (χ2n) is 5.45. The van der Waals surface area contributed by atoms with Gasteiger partial charge < -0.3 is 4.90 Å². The lowest BCUT2D eigenvalue weighted by Crippen LogP contribution is -2.39. The molecule has 104 valence electrons. The summed E-state index contributed by atoms with van der Waals surface area (Å²) >= 11 is 3.20.